The summed E-state index contributed by atoms with van der Waals surface area (Å²) in [5.41, 5.74) is 4.47. The first-order valence-corrected chi connectivity index (χ1v) is 4.32. The van der Waals surface area contributed by atoms with Crippen molar-refractivity contribution >= 4 is 24.4 Å². The number of nitrogens with two attached hydrogens (primary N) is 1. The highest BCUT2D eigenvalue weighted by Crippen LogP contribution is 2.08. The number of nitrogens with one attached hydrogen (secondary N) is 1. The van der Waals surface area contributed by atoms with Crippen molar-refractivity contribution in [1.82, 2.24) is 5.32 Å². The average molecular weight is 206 g/mol. The molecule has 0 saturated heterocycles. The van der Waals surface area contributed by atoms with Crippen molar-refractivity contribution < 1.29 is 9.59 Å². The van der Waals surface area contributed by atoms with Crippen molar-refractivity contribution in [2.75, 3.05) is 6.54 Å². The van der Waals surface area contributed by atoms with Crippen molar-refractivity contribution in [3.63, 3.8) is 0 Å². The van der Waals surface area contributed by atoms with Crippen LogP contribution in [0.2, 0.25) is 0 Å². The first-order chi connectivity index (χ1) is 5.65. The van der Waals surface area contributed by atoms with E-state index in [4.69, 9.17) is 0 Å². The number of carbonyl (C=O) groups excluding carboxylic acids is 2. The molecule has 0 heterocycles. The third kappa shape index (κ3) is 34.8. The molecule has 2 amide bonds. The highest BCUT2D eigenvalue weighted by Gasteiger charge is 2.10. The van der Waals surface area contributed by atoms with Gasteiger partial charge in [0, 0.05) is 25.1 Å². The van der Waals surface area contributed by atoms with Gasteiger partial charge in [-0.3, -0.25) is 9.59 Å². The SMILES string of the molecule is CC(=O)NCC(C)(C)S.CC(N)=O. The molecule has 0 atom stereocenters. The molecule has 0 aromatic heterocycles. The summed E-state index contributed by atoms with van der Waals surface area (Å²) >= 11 is 4.21. The number of carbonyl (C=O) groups is 2. The van der Waals surface area contributed by atoms with Crippen LogP contribution in [0.1, 0.15) is 27.7 Å². The van der Waals surface area contributed by atoms with E-state index in [-0.39, 0.29) is 16.6 Å². The quantitative estimate of drug-likeness (QED) is 0.569. The molecule has 0 radical (unpaired) electrons. The Kier molecular flexibility index (Phi) is 7.70. The van der Waals surface area contributed by atoms with E-state index in [2.05, 4.69) is 23.7 Å². The lowest BCUT2D eigenvalue weighted by Crippen LogP contribution is -2.33. The van der Waals surface area contributed by atoms with Crippen LogP contribution in [0.5, 0.6) is 0 Å². The topological polar surface area (TPSA) is 72.2 Å². The Labute approximate surface area is 84.7 Å². The Morgan fingerprint density at radius 1 is 1.38 bits per heavy atom. The van der Waals surface area contributed by atoms with E-state index < -0.39 is 0 Å². The molecule has 0 spiro atoms. The van der Waals surface area contributed by atoms with Crippen molar-refractivity contribution in [2.24, 2.45) is 5.73 Å². The van der Waals surface area contributed by atoms with Gasteiger partial charge in [0.2, 0.25) is 11.8 Å². The first kappa shape index (κ1) is 14.8. The maximum Gasteiger partial charge on any atom is 0.216 e. The molecule has 0 aromatic carbocycles. The van der Waals surface area contributed by atoms with E-state index in [0.29, 0.717) is 6.54 Å². The third-order valence-corrected chi connectivity index (χ3v) is 0.928. The third-order valence-electron chi connectivity index (χ3n) is 0.770. The fourth-order valence-electron chi connectivity index (χ4n) is 0.341. The van der Waals surface area contributed by atoms with Crippen LogP contribution in [-0.4, -0.2) is 23.1 Å². The first-order valence-electron chi connectivity index (χ1n) is 3.88. The number of primary amides is 1. The summed E-state index contributed by atoms with van der Waals surface area (Å²) in [5, 5.41) is 2.67. The summed E-state index contributed by atoms with van der Waals surface area (Å²) in [5.74, 6) is -0.336. The van der Waals surface area contributed by atoms with Crippen molar-refractivity contribution in [2.45, 2.75) is 32.4 Å². The summed E-state index contributed by atoms with van der Waals surface area (Å²) in [6.45, 7) is 7.32. The fourth-order valence-corrected chi connectivity index (χ4v) is 0.420. The molecule has 0 aliphatic rings. The van der Waals surface area contributed by atoms with Gasteiger partial charge in [0.25, 0.3) is 0 Å². The second-order valence-corrected chi connectivity index (χ2v) is 4.54. The molecule has 3 N–H and O–H groups in total. The molecule has 0 bridgehead atoms. The van der Waals surface area contributed by atoms with Crippen molar-refractivity contribution in [1.29, 1.82) is 0 Å². The summed E-state index contributed by atoms with van der Waals surface area (Å²) in [6, 6.07) is 0. The van der Waals surface area contributed by atoms with Gasteiger partial charge in [-0.1, -0.05) is 0 Å². The number of hydrogen-bond donors (Lipinski definition) is 3. The molecule has 0 aliphatic heterocycles. The fraction of sp³-hybridized carbons (Fsp3) is 0.750. The van der Waals surface area contributed by atoms with Crippen LogP contribution in [-0.2, 0) is 9.59 Å². The minimum Gasteiger partial charge on any atom is -0.370 e. The number of thiol groups is 1. The van der Waals surface area contributed by atoms with Crippen LogP contribution in [0.3, 0.4) is 0 Å². The van der Waals surface area contributed by atoms with Gasteiger partial charge in [-0.2, -0.15) is 12.6 Å². The number of rotatable bonds is 2. The minimum absolute atomic E-state index is 0.00266. The molecule has 4 nitrogen and oxygen atoms in total. The van der Waals surface area contributed by atoms with Gasteiger partial charge in [0.1, 0.15) is 0 Å². The van der Waals surface area contributed by atoms with Crippen LogP contribution in [0, 0.1) is 0 Å². The van der Waals surface area contributed by atoms with E-state index in [0.717, 1.165) is 0 Å². The van der Waals surface area contributed by atoms with Gasteiger partial charge in [-0.15, -0.1) is 0 Å². The lowest BCUT2D eigenvalue weighted by atomic mass is 10.2. The molecule has 5 heteroatoms. The molecular weight excluding hydrogens is 188 g/mol. The monoisotopic (exact) mass is 206 g/mol. The summed E-state index contributed by atoms with van der Waals surface area (Å²) in [6.07, 6.45) is 0. The van der Waals surface area contributed by atoms with E-state index in [9.17, 15) is 9.59 Å². The molecule has 0 aliphatic carbocycles. The molecule has 0 fully saturated rings. The Bertz CT molecular complexity index is 171. The van der Waals surface area contributed by atoms with Crippen LogP contribution >= 0.6 is 12.6 Å². The van der Waals surface area contributed by atoms with Gasteiger partial charge >= 0.3 is 0 Å². The lowest BCUT2D eigenvalue weighted by Gasteiger charge is -2.16. The smallest absolute Gasteiger partial charge is 0.216 e. The molecule has 0 rings (SSSR count). The van der Waals surface area contributed by atoms with Gasteiger partial charge < -0.3 is 11.1 Å². The average Bonchev–Trinajstić information content (AvgIpc) is 1.80. The van der Waals surface area contributed by atoms with Crippen LogP contribution in [0.25, 0.3) is 0 Å². The molecule has 13 heavy (non-hydrogen) atoms. The lowest BCUT2D eigenvalue weighted by molar-refractivity contribution is -0.119. The maximum absolute atomic E-state index is 10.3. The minimum atomic E-state index is -0.333. The Hall–Kier alpha value is -0.710. The molecule has 78 valence electrons. The van der Waals surface area contributed by atoms with Gasteiger partial charge in [0.05, 0.1) is 0 Å². The Balaban J connectivity index is 0. The van der Waals surface area contributed by atoms with Crippen LogP contribution < -0.4 is 11.1 Å². The van der Waals surface area contributed by atoms with Crippen LogP contribution in [0.15, 0.2) is 0 Å². The van der Waals surface area contributed by atoms with E-state index in [1.807, 2.05) is 13.8 Å². The molecular formula is C8H18N2O2S. The second-order valence-electron chi connectivity index (χ2n) is 3.33. The predicted molar refractivity (Wildman–Crippen MR) is 56.6 cm³/mol. The van der Waals surface area contributed by atoms with Crippen molar-refractivity contribution in [3.05, 3.63) is 0 Å². The number of hydrogen-bond acceptors (Lipinski definition) is 3. The van der Waals surface area contributed by atoms with Gasteiger partial charge in [-0.25, -0.2) is 0 Å². The van der Waals surface area contributed by atoms with E-state index >= 15 is 0 Å². The van der Waals surface area contributed by atoms with E-state index in [1.165, 1.54) is 13.8 Å². The summed E-state index contributed by atoms with van der Waals surface area (Å²) in [7, 11) is 0. The highest BCUT2D eigenvalue weighted by molar-refractivity contribution is 7.81. The Morgan fingerprint density at radius 2 is 1.69 bits per heavy atom. The largest absolute Gasteiger partial charge is 0.370 e. The van der Waals surface area contributed by atoms with E-state index in [1.54, 1.807) is 0 Å². The molecule has 0 unspecified atom stereocenters. The number of amides is 2. The zero-order valence-electron chi connectivity index (χ0n) is 8.55. The standard InChI is InChI=1S/C6H13NOS.C2H5NO/c1-5(8)7-4-6(2,3)9;1-2(3)4/h9H,4H2,1-3H3,(H,7,8);1H3,(H2,3,4). The summed E-state index contributed by atoms with van der Waals surface area (Å²) in [4.78, 5) is 19.6. The van der Waals surface area contributed by atoms with Crippen LogP contribution in [0.4, 0.5) is 0 Å². The zero-order chi connectivity index (χ0) is 11.1. The molecule has 0 saturated carbocycles. The predicted octanol–water partition coefficient (Wildman–Crippen LogP) is 0.322. The second kappa shape index (κ2) is 6.77. The van der Waals surface area contributed by atoms with Crippen molar-refractivity contribution in [3.8, 4) is 0 Å². The van der Waals surface area contributed by atoms with Gasteiger partial charge in [-0.05, 0) is 13.8 Å². The normalized spacial score (nSPS) is 9.62. The summed E-state index contributed by atoms with van der Waals surface area (Å²) < 4.78 is -0.105. The zero-order valence-corrected chi connectivity index (χ0v) is 9.44. The highest BCUT2D eigenvalue weighted by atomic mass is 32.1. The molecule has 0 aromatic rings. The maximum atomic E-state index is 10.3. The van der Waals surface area contributed by atoms with Gasteiger partial charge in [0.15, 0.2) is 0 Å². The Morgan fingerprint density at radius 3 is 1.77 bits per heavy atom.